The first-order valence-electron chi connectivity index (χ1n) is 12.1. The minimum absolute atomic E-state index is 0.186. The molecule has 35 heavy (non-hydrogen) atoms. The van der Waals surface area contributed by atoms with Crippen molar-refractivity contribution in [1.29, 1.82) is 0 Å². The number of rotatable bonds is 7. The fourth-order valence-corrected chi connectivity index (χ4v) is 4.74. The van der Waals surface area contributed by atoms with Crippen LogP contribution in [0.1, 0.15) is 24.8 Å². The van der Waals surface area contributed by atoms with E-state index in [1.54, 1.807) is 18.3 Å². The zero-order chi connectivity index (χ0) is 24.0. The highest BCUT2D eigenvalue weighted by Gasteiger charge is 2.22. The summed E-state index contributed by atoms with van der Waals surface area (Å²) < 4.78 is 0. The first-order valence-corrected chi connectivity index (χ1v) is 12.1. The number of phenols is 1. The number of para-hydroxylation sites is 1. The normalized spacial score (nSPS) is 16.2. The molecule has 0 spiro atoms. The molecule has 0 amide bonds. The lowest BCUT2D eigenvalue weighted by Crippen LogP contribution is -2.41. The number of likely N-dealkylation sites (tertiary alicyclic amines) is 1. The van der Waals surface area contributed by atoms with E-state index in [1.807, 2.05) is 53.4 Å². The summed E-state index contributed by atoms with van der Waals surface area (Å²) in [6.07, 6.45) is 5.18. The van der Waals surface area contributed by atoms with Gasteiger partial charge in [-0.3, -0.25) is 9.80 Å². The number of aromatic hydroxyl groups is 1. The van der Waals surface area contributed by atoms with Gasteiger partial charge in [0.2, 0.25) is 5.95 Å². The molecule has 0 aliphatic carbocycles. The van der Waals surface area contributed by atoms with Gasteiger partial charge in [-0.25, -0.2) is 9.97 Å². The topological polar surface area (TPSA) is 72.7 Å². The lowest BCUT2D eigenvalue weighted by atomic mass is 10.0. The number of anilines is 3. The van der Waals surface area contributed by atoms with Crippen molar-refractivity contribution in [3.05, 3.63) is 96.7 Å². The Balaban J connectivity index is 1.47. The molecule has 178 valence electrons. The number of aliphatic hydroxyl groups excluding tert-OH is 1. The minimum Gasteiger partial charge on any atom is -0.508 e. The Morgan fingerprint density at radius 2 is 1.71 bits per heavy atom. The van der Waals surface area contributed by atoms with Gasteiger partial charge in [-0.15, -0.1) is 0 Å². The number of hydrogen-bond acceptors (Lipinski definition) is 6. The maximum atomic E-state index is 10.1. The molecule has 1 unspecified atom stereocenters. The summed E-state index contributed by atoms with van der Waals surface area (Å²) >= 11 is 0. The molecule has 1 aliphatic heterocycles. The van der Waals surface area contributed by atoms with Gasteiger partial charge >= 0.3 is 0 Å². The second-order valence-corrected chi connectivity index (χ2v) is 8.94. The zero-order valence-corrected chi connectivity index (χ0v) is 19.7. The Kier molecular flexibility index (Phi) is 7.02. The van der Waals surface area contributed by atoms with Crippen molar-refractivity contribution < 1.29 is 10.2 Å². The third kappa shape index (κ3) is 5.34. The van der Waals surface area contributed by atoms with Crippen LogP contribution >= 0.6 is 0 Å². The highest BCUT2D eigenvalue weighted by atomic mass is 16.3. The van der Waals surface area contributed by atoms with E-state index in [-0.39, 0.29) is 18.4 Å². The van der Waals surface area contributed by atoms with E-state index in [2.05, 4.69) is 34.1 Å². The van der Waals surface area contributed by atoms with E-state index in [4.69, 9.17) is 4.98 Å². The summed E-state index contributed by atoms with van der Waals surface area (Å²) in [6.45, 7) is 2.04. The van der Waals surface area contributed by atoms with Gasteiger partial charge < -0.3 is 10.2 Å². The summed E-state index contributed by atoms with van der Waals surface area (Å²) in [6, 6.07) is 27.6. The number of aliphatic hydroxyl groups is 1. The van der Waals surface area contributed by atoms with Crippen LogP contribution in [-0.4, -0.2) is 44.3 Å². The molecule has 1 aromatic heterocycles. The average Bonchev–Trinajstić information content (AvgIpc) is 2.90. The predicted molar refractivity (Wildman–Crippen MR) is 139 cm³/mol. The molecule has 1 saturated heterocycles. The van der Waals surface area contributed by atoms with Crippen LogP contribution in [0.5, 0.6) is 5.75 Å². The van der Waals surface area contributed by atoms with Crippen molar-refractivity contribution >= 4 is 17.3 Å². The van der Waals surface area contributed by atoms with Crippen LogP contribution in [0, 0.1) is 0 Å². The number of hydrogen-bond donors (Lipinski definition) is 2. The van der Waals surface area contributed by atoms with Gasteiger partial charge in [0.1, 0.15) is 5.75 Å². The molecule has 1 atom stereocenters. The summed E-state index contributed by atoms with van der Waals surface area (Å²) in [5.74, 6) is 0.715. The van der Waals surface area contributed by atoms with Crippen LogP contribution in [-0.2, 0) is 6.54 Å². The average molecular weight is 467 g/mol. The third-order valence-electron chi connectivity index (χ3n) is 6.51. The standard InChI is InChI=1S/C29H30N4O2/c34-21-26-12-4-5-17-32(26)20-22-8-6-9-23(18-22)28-15-16-30-29(31-28)33(24-10-2-1-3-11-24)25-13-7-14-27(35)19-25/h1-3,6-11,13-16,18-19,26,34-35H,4-5,12,17,20-21H2. The molecular formula is C29H30N4O2. The number of benzene rings is 3. The Bertz CT molecular complexity index is 1260. The van der Waals surface area contributed by atoms with Gasteiger partial charge in [0.25, 0.3) is 0 Å². The van der Waals surface area contributed by atoms with Gasteiger partial charge in [0, 0.05) is 36.1 Å². The number of nitrogens with zero attached hydrogens (tertiary/aromatic N) is 4. The van der Waals surface area contributed by atoms with E-state index >= 15 is 0 Å². The van der Waals surface area contributed by atoms with E-state index in [1.165, 1.54) is 18.4 Å². The summed E-state index contributed by atoms with van der Waals surface area (Å²) in [4.78, 5) is 13.8. The smallest absolute Gasteiger partial charge is 0.235 e. The van der Waals surface area contributed by atoms with Crippen molar-refractivity contribution in [1.82, 2.24) is 14.9 Å². The van der Waals surface area contributed by atoms with Crippen LogP contribution < -0.4 is 4.90 Å². The third-order valence-corrected chi connectivity index (χ3v) is 6.51. The second kappa shape index (κ2) is 10.7. The number of phenolic OH excluding ortho intramolecular Hbond substituents is 1. The zero-order valence-electron chi connectivity index (χ0n) is 19.7. The van der Waals surface area contributed by atoms with Gasteiger partial charge in [-0.05, 0) is 61.3 Å². The monoisotopic (exact) mass is 466 g/mol. The molecule has 1 fully saturated rings. The van der Waals surface area contributed by atoms with E-state index < -0.39 is 0 Å². The fraction of sp³-hybridized carbons (Fsp3) is 0.241. The maximum Gasteiger partial charge on any atom is 0.235 e. The van der Waals surface area contributed by atoms with Crippen molar-refractivity contribution in [2.75, 3.05) is 18.1 Å². The Morgan fingerprint density at radius 3 is 2.54 bits per heavy atom. The van der Waals surface area contributed by atoms with Gasteiger partial charge in [0.15, 0.2) is 0 Å². The molecule has 5 rings (SSSR count). The lowest BCUT2D eigenvalue weighted by molar-refractivity contribution is 0.0841. The maximum absolute atomic E-state index is 10.1. The van der Waals surface area contributed by atoms with Crippen molar-refractivity contribution in [3.63, 3.8) is 0 Å². The van der Waals surface area contributed by atoms with Crippen LogP contribution in [0.4, 0.5) is 17.3 Å². The van der Waals surface area contributed by atoms with Crippen LogP contribution in [0.2, 0.25) is 0 Å². The molecule has 0 bridgehead atoms. The predicted octanol–water partition coefficient (Wildman–Crippen LogP) is 5.67. The van der Waals surface area contributed by atoms with Gasteiger partial charge in [-0.2, -0.15) is 0 Å². The fourth-order valence-electron chi connectivity index (χ4n) is 4.74. The molecule has 0 radical (unpaired) electrons. The van der Waals surface area contributed by atoms with E-state index in [0.717, 1.165) is 42.1 Å². The Hall–Kier alpha value is -3.74. The highest BCUT2D eigenvalue weighted by Crippen LogP contribution is 2.34. The van der Waals surface area contributed by atoms with Crippen molar-refractivity contribution in [2.24, 2.45) is 0 Å². The summed E-state index contributed by atoms with van der Waals surface area (Å²) in [5.41, 5.74) is 4.74. The number of piperidine rings is 1. The molecule has 3 aromatic carbocycles. The molecule has 2 N–H and O–H groups in total. The lowest BCUT2D eigenvalue weighted by Gasteiger charge is -2.34. The van der Waals surface area contributed by atoms with Crippen LogP contribution in [0.3, 0.4) is 0 Å². The molecule has 6 heteroatoms. The first-order chi connectivity index (χ1) is 17.2. The number of aromatic nitrogens is 2. The second-order valence-electron chi connectivity index (χ2n) is 8.94. The quantitative estimate of drug-likeness (QED) is 0.366. The van der Waals surface area contributed by atoms with Crippen molar-refractivity contribution in [2.45, 2.75) is 31.8 Å². The first kappa shape index (κ1) is 23.0. The highest BCUT2D eigenvalue weighted by molar-refractivity contribution is 5.74. The molecular weight excluding hydrogens is 436 g/mol. The van der Waals surface area contributed by atoms with Crippen molar-refractivity contribution in [3.8, 4) is 17.0 Å². The minimum atomic E-state index is 0.186. The molecule has 2 heterocycles. The molecule has 6 nitrogen and oxygen atoms in total. The molecule has 1 aliphatic rings. The Morgan fingerprint density at radius 1 is 0.886 bits per heavy atom. The van der Waals surface area contributed by atoms with E-state index in [0.29, 0.717) is 5.95 Å². The van der Waals surface area contributed by atoms with Crippen LogP contribution in [0.25, 0.3) is 11.3 Å². The summed E-state index contributed by atoms with van der Waals surface area (Å²) in [7, 11) is 0. The Labute approximate surface area is 206 Å². The van der Waals surface area contributed by atoms with Gasteiger partial charge in [0.05, 0.1) is 18.0 Å². The molecule has 0 saturated carbocycles. The summed E-state index contributed by atoms with van der Waals surface area (Å²) in [5, 5.41) is 19.9. The largest absolute Gasteiger partial charge is 0.508 e. The molecule has 4 aromatic rings. The SMILES string of the molecule is OCC1CCCCN1Cc1cccc(-c2ccnc(N(c3ccccc3)c3cccc(O)c3)n2)c1. The van der Waals surface area contributed by atoms with E-state index in [9.17, 15) is 10.2 Å². The van der Waals surface area contributed by atoms with Crippen LogP contribution in [0.15, 0.2) is 91.1 Å². The van der Waals surface area contributed by atoms with Gasteiger partial charge in [-0.1, -0.05) is 48.9 Å².